The first-order valence-electron chi connectivity index (χ1n) is 5.96. The van der Waals surface area contributed by atoms with Crippen molar-refractivity contribution in [3.05, 3.63) is 42.0 Å². The molecule has 0 N–H and O–H groups in total. The van der Waals surface area contributed by atoms with Gasteiger partial charge in [0.05, 0.1) is 5.56 Å². The highest BCUT2D eigenvalue weighted by Gasteiger charge is 2.35. The SMILES string of the molecule is C=CCN(CCC)c1ccc(C=O)cc1C(F)(F)F. The lowest BCUT2D eigenvalue weighted by Crippen LogP contribution is -2.27. The molecule has 0 saturated heterocycles. The molecule has 0 saturated carbocycles. The van der Waals surface area contributed by atoms with E-state index in [1.54, 1.807) is 11.0 Å². The number of halogens is 3. The molecule has 0 aliphatic heterocycles. The van der Waals surface area contributed by atoms with Gasteiger partial charge in [-0.2, -0.15) is 13.2 Å². The summed E-state index contributed by atoms with van der Waals surface area (Å²) in [6, 6.07) is 3.61. The summed E-state index contributed by atoms with van der Waals surface area (Å²) in [5, 5.41) is 0. The molecule has 1 aromatic rings. The standard InChI is InChI=1S/C14H16F3NO/c1-3-7-18(8-4-2)13-6-5-11(10-19)9-12(13)14(15,16)17/h3,5-6,9-10H,1,4,7-8H2,2H3. The van der Waals surface area contributed by atoms with Gasteiger partial charge in [0, 0.05) is 24.3 Å². The van der Waals surface area contributed by atoms with Crippen LogP contribution in [-0.2, 0) is 6.18 Å². The van der Waals surface area contributed by atoms with Gasteiger partial charge < -0.3 is 4.90 Å². The van der Waals surface area contributed by atoms with Crippen molar-refractivity contribution in [2.24, 2.45) is 0 Å². The number of rotatable bonds is 6. The molecule has 104 valence electrons. The minimum Gasteiger partial charge on any atom is -0.367 e. The third-order valence-corrected chi connectivity index (χ3v) is 2.65. The third-order valence-electron chi connectivity index (χ3n) is 2.65. The number of aldehydes is 1. The quantitative estimate of drug-likeness (QED) is 0.577. The first-order chi connectivity index (χ1) is 8.93. The Balaban J connectivity index is 3.31. The second kappa shape index (κ2) is 6.41. The molecule has 2 nitrogen and oxygen atoms in total. The van der Waals surface area contributed by atoms with E-state index < -0.39 is 11.7 Å². The molecular formula is C14H16F3NO. The van der Waals surface area contributed by atoms with Crippen molar-refractivity contribution < 1.29 is 18.0 Å². The Labute approximate surface area is 110 Å². The number of benzene rings is 1. The lowest BCUT2D eigenvalue weighted by atomic mass is 10.1. The molecule has 0 heterocycles. The van der Waals surface area contributed by atoms with Crippen molar-refractivity contribution in [2.45, 2.75) is 19.5 Å². The molecule has 0 aliphatic rings. The van der Waals surface area contributed by atoms with Crippen LogP contribution in [0.15, 0.2) is 30.9 Å². The maximum atomic E-state index is 13.0. The Bertz CT molecular complexity index is 454. The maximum Gasteiger partial charge on any atom is 0.418 e. The monoisotopic (exact) mass is 271 g/mol. The zero-order valence-corrected chi connectivity index (χ0v) is 10.7. The predicted octanol–water partition coefficient (Wildman–Crippen LogP) is 3.92. The van der Waals surface area contributed by atoms with Crippen LogP contribution in [0.3, 0.4) is 0 Å². The molecule has 0 aliphatic carbocycles. The third kappa shape index (κ3) is 3.84. The fourth-order valence-corrected chi connectivity index (χ4v) is 1.87. The largest absolute Gasteiger partial charge is 0.418 e. The highest BCUT2D eigenvalue weighted by Crippen LogP contribution is 2.37. The van der Waals surface area contributed by atoms with Gasteiger partial charge in [0.1, 0.15) is 6.29 Å². The van der Waals surface area contributed by atoms with E-state index in [1.165, 1.54) is 12.1 Å². The highest BCUT2D eigenvalue weighted by atomic mass is 19.4. The van der Waals surface area contributed by atoms with Crippen LogP contribution < -0.4 is 4.90 Å². The molecule has 0 spiro atoms. The molecule has 0 atom stereocenters. The van der Waals surface area contributed by atoms with Gasteiger partial charge in [-0.1, -0.05) is 13.0 Å². The second-order valence-corrected chi connectivity index (χ2v) is 4.13. The molecule has 19 heavy (non-hydrogen) atoms. The van der Waals surface area contributed by atoms with Crippen molar-refractivity contribution in [1.82, 2.24) is 0 Å². The molecule has 1 aromatic carbocycles. The minimum atomic E-state index is -4.48. The van der Waals surface area contributed by atoms with E-state index in [9.17, 15) is 18.0 Å². The molecule has 0 bridgehead atoms. The van der Waals surface area contributed by atoms with Gasteiger partial charge in [0.25, 0.3) is 0 Å². The first kappa shape index (κ1) is 15.3. The number of hydrogen-bond donors (Lipinski definition) is 0. The van der Waals surface area contributed by atoms with Crippen LogP contribution in [0, 0.1) is 0 Å². The molecule has 1 rings (SSSR count). The number of alkyl halides is 3. The number of hydrogen-bond acceptors (Lipinski definition) is 2. The van der Waals surface area contributed by atoms with Gasteiger partial charge in [0.2, 0.25) is 0 Å². The highest BCUT2D eigenvalue weighted by molar-refractivity contribution is 5.77. The fourth-order valence-electron chi connectivity index (χ4n) is 1.87. The van der Waals surface area contributed by atoms with Crippen LogP contribution >= 0.6 is 0 Å². The topological polar surface area (TPSA) is 20.3 Å². The predicted molar refractivity (Wildman–Crippen MR) is 69.5 cm³/mol. The van der Waals surface area contributed by atoms with E-state index in [1.807, 2.05) is 6.92 Å². The molecule has 0 radical (unpaired) electrons. The molecular weight excluding hydrogens is 255 g/mol. The van der Waals surface area contributed by atoms with E-state index in [-0.39, 0.29) is 11.3 Å². The summed E-state index contributed by atoms with van der Waals surface area (Å²) in [5.41, 5.74) is -0.682. The first-order valence-corrected chi connectivity index (χ1v) is 5.96. The number of nitrogens with zero attached hydrogens (tertiary/aromatic N) is 1. The number of carbonyl (C=O) groups is 1. The van der Waals surface area contributed by atoms with Crippen LogP contribution in [0.2, 0.25) is 0 Å². The van der Waals surface area contributed by atoms with Crippen molar-refractivity contribution in [2.75, 3.05) is 18.0 Å². The molecule has 0 amide bonds. The van der Waals surface area contributed by atoms with Gasteiger partial charge in [-0.3, -0.25) is 4.79 Å². The Morgan fingerprint density at radius 1 is 1.37 bits per heavy atom. The summed E-state index contributed by atoms with van der Waals surface area (Å²) < 4.78 is 39.1. The van der Waals surface area contributed by atoms with Gasteiger partial charge in [-0.05, 0) is 24.6 Å². The van der Waals surface area contributed by atoms with E-state index in [0.717, 1.165) is 12.5 Å². The summed E-state index contributed by atoms with van der Waals surface area (Å²) in [6.45, 7) is 6.27. The Kier molecular flexibility index (Phi) is 5.15. The van der Waals surface area contributed by atoms with Crippen LogP contribution in [0.25, 0.3) is 0 Å². The Morgan fingerprint density at radius 3 is 2.53 bits per heavy atom. The lowest BCUT2D eigenvalue weighted by Gasteiger charge is -2.26. The smallest absolute Gasteiger partial charge is 0.367 e. The number of carbonyl (C=O) groups excluding carboxylic acids is 1. The van der Waals surface area contributed by atoms with Crippen molar-refractivity contribution in [1.29, 1.82) is 0 Å². The summed E-state index contributed by atoms with van der Waals surface area (Å²) >= 11 is 0. The van der Waals surface area contributed by atoms with Gasteiger partial charge in [-0.25, -0.2) is 0 Å². The van der Waals surface area contributed by atoms with Crippen LogP contribution in [0.4, 0.5) is 18.9 Å². The summed E-state index contributed by atoms with van der Waals surface area (Å²) in [6.07, 6.45) is -1.79. The molecule has 0 unspecified atom stereocenters. The molecule has 0 aromatic heterocycles. The normalized spacial score (nSPS) is 11.2. The van der Waals surface area contributed by atoms with E-state index in [4.69, 9.17) is 0 Å². The van der Waals surface area contributed by atoms with E-state index in [0.29, 0.717) is 19.4 Å². The fraction of sp³-hybridized carbons (Fsp3) is 0.357. The van der Waals surface area contributed by atoms with Gasteiger partial charge >= 0.3 is 6.18 Å². The second-order valence-electron chi connectivity index (χ2n) is 4.13. The zero-order valence-electron chi connectivity index (χ0n) is 10.7. The Hall–Kier alpha value is -1.78. The van der Waals surface area contributed by atoms with E-state index >= 15 is 0 Å². The van der Waals surface area contributed by atoms with Crippen molar-refractivity contribution in [3.8, 4) is 0 Å². The molecule has 0 fully saturated rings. The van der Waals surface area contributed by atoms with Gasteiger partial charge in [0.15, 0.2) is 0 Å². The average molecular weight is 271 g/mol. The zero-order chi connectivity index (χ0) is 14.5. The average Bonchev–Trinajstić information content (AvgIpc) is 2.37. The number of anilines is 1. The lowest BCUT2D eigenvalue weighted by molar-refractivity contribution is -0.137. The summed E-state index contributed by atoms with van der Waals surface area (Å²) in [5.74, 6) is 0. The van der Waals surface area contributed by atoms with Crippen LogP contribution in [0.5, 0.6) is 0 Å². The van der Waals surface area contributed by atoms with Gasteiger partial charge in [-0.15, -0.1) is 6.58 Å². The van der Waals surface area contributed by atoms with Crippen molar-refractivity contribution >= 4 is 12.0 Å². The molecule has 5 heteroatoms. The van der Waals surface area contributed by atoms with Crippen LogP contribution in [0.1, 0.15) is 29.3 Å². The summed E-state index contributed by atoms with van der Waals surface area (Å²) in [4.78, 5) is 12.2. The van der Waals surface area contributed by atoms with Crippen LogP contribution in [-0.4, -0.2) is 19.4 Å². The Morgan fingerprint density at radius 2 is 2.05 bits per heavy atom. The van der Waals surface area contributed by atoms with E-state index in [2.05, 4.69) is 6.58 Å². The summed E-state index contributed by atoms with van der Waals surface area (Å²) in [7, 11) is 0. The minimum absolute atomic E-state index is 0.0196. The maximum absolute atomic E-state index is 13.0. The van der Waals surface area contributed by atoms with Crippen molar-refractivity contribution in [3.63, 3.8) is 0 Å².